The maximum atomic E-state index is 11.3. The number of carbonyl (C=O) groups excluding carboxylic acids is 1. The van der Waals surface area contributed by atoms with E-state index in [4.69, 9.17) is 0 Å². The number of carbonyl (C=O) groups is 1. The standard InChI is InChI=1S/C12H19N3O/c1-5-13-11(16)15-10-8-9(6-7-14-10)12(2,3)4/h6-8H,5H2,1-4H3,(H2,13,14,15,16). The lowest BCUT2D eigenvalue weighted by molar-refractivity contribution is 0.252. The van der Waals surface area contributed by atoms with E-state index in [1.807, 2.05) is 19.1 Å². The average Bonchev–Trinajstić information content (AvgIpc) is 2.17. The molecule has 0 radical (unpaired) electrons. The third kappa shape index (κ3) is 3.53. The number of hydrogen-bond donors (Lipinski definition) is 2. The molecule has 2 N–H and O–H groups in total. The lowest BCUT2D eigenvalue weighted by Gasteiger charge is -2.19. The van der Waals surface area contributed by atoms with Crippen LogP contribution in [-0.2, 0) is 5.41 Å². The zero-order chi connectivity index (χ0) is 12.2. The molecule has 0 fully saturated rings. The van der Waals surface area contributed by atoms with Crippen molar-refractivity contribution in [3.63, 3.8) is 0 Å². The first-order valence-electron chi connectivity index (χ1n) is 5.45. The number of nitrogens with zero attached hydrogens (tertiary/aromatic N) is 1. The summed E-state index contributed by atoms with van der Waals surface area (Å²) in [5.74, 6) is 0.582. The van der Waals surface area contributed by atoms with Crippen molar-refractivity contribution in [2.24, 2.45) is 0 Å². The summed E-state index contributed by atoms with van der Waals surface area (Å²) in [6.45, 7) is 8.85. The third-order valence-corrected chi connectivity index (χ3v) is 2.20. The van der Waals surface area contributed by atoms with Crippen LogP contribution >= 0.6 is 0 Å². The number of amides is 2. The van der Waals surface area contributed by atoms with Crippen LogP contribution in [0.15, 0.2) is 18.3 Å². The molecule has 1 rings (SSSR count). The van der Waals surface area contributed by atoms with Crippen molar-refractivity contribution in [1.29, 1.82) is 0 Å². The van der Waals surface area contributed by atoms with E-state index in [1.165, 1.54) is 0 Å². The van der Waals surface area contributed by atoms with Gasteiger partial charge in [-0.3, -0.25) is 5.32 Å². The van der Waals surface area contributed by atoms with Crippen molar-refractivity contribution in [3.8, 4) is 0 Å². The van der Waals surface area contributed by atoms with Crippen LogP contribution in [0.3, 0.4) is 0 Å². The molecule has 0 atom stereocenters. The van der Waals surface area contributed by atoms with Gasteiger partial charge in [0.15, 0.2) is 0 Å². The molecule has 0 spiro atoms. The second-order valence-corrected chi connectivity index (χ2v) is 4.66. The maximum Gasteiger partial charge on any atom is 0.320 e. The first-order chi connectivity index (χ1) is 7.43. The molecule has 1 aromatic heterocycles. The summed E-state index contributed by atoms with van der Waals surface area (Å²) in [5.41, 5.74) is 1.20. The highest BCUT2D eigenvalue weighted by molar-refractivity contribution is 5.88. The second kappa shape index (κ2) is 4.96. The minimum atomic E-state index is -0.221. The Hall–Kier alpha value is -1.58. The van der Waals surface area contributed by atoms with E-state index in [1.54, 1.807) is 6.20 Å². The summed E-state index contributed by atoms with van der Waals surface area (Å²) in [6, 6.07) is 3.64. The lowest BCUT2D eigenvalue weighted by Crippen LogP contribution is -2.28. The summed E-state index contributed by atoms with van der Waals surface area (Å²) in [5, 5.41) is 5.36. The zero-order valence-electron chi connectivity index (χ0n) is 10.3. The molecule has 1 heterocycles. The molecular formula is C12H19N3O. The lowest BCUT2D eigenvalue weighted by atomic mass is 9.88. The van der Waals surface area contributed by atoms with Crippen LogP contribution in [0.2, 0.25) is 0 Å². The van der Waals surface area contributed by atoms with Crippen LogP contribution in [0.25, 0.3) is 0 Å². The van der Waals surface area contributed by atoms with E-state index in [0.717, 1.165) is 5.56 Å². The first-order valence-corrected chi connectivity index (χ1v) is 5.45. The van der Waals surface area contributed by atoms with E-state index < -0.39 is 0 Å². The van der Waals surface area contributed by atoms with Crippen LogP contribution < -0.4 is 10.6 Å². The molecule has 0 unspecified atom stereocenters. The fraction of sp³-hybridized carbons (Fsp3) is 0.500. The molecular weight excluding hydrogens is 202 g/mol. The smallest absolute Gasteiger partial charge is 0.320 e. The molecule has 0 bridgehead atoms. The molecule has 2 amide bonds. The number of urea groups is 1. The first kappa shape index (κ1) is 12.5. The van der Waals surface area contributed by atoms with Gasteiger partial charge in [-0.25, -0.2) is 9.78 Å². The number of aromatic nitrogens is 1. The van der Waals surface area contributed by atoms with Crippen molar-refractivity contribution < 1.29 is 4.79 Å². The summed E-state index contributed by atoms with van der Waals surface area (Å²) in [6.07, 6.45) is 1.71. The van der Waals surface area contributed by atoms with Gasteiger partial charge in [0, 0.05) is 12.7 Å². The van der Waals surface area contributed by atoms with Gasteiger partial charge in [0.1, 0.15) is 5.82 Å². The molecule has 0 aromatic carbocycles. The van der Waals surface area contributed by atoms with Gasteiger partial charge in [-0.05, 0) is 30.0 Å². The van der Waals surface area contributed by atoms with Crippen LogP contribution in [0, 0.1) is 0 Å². The Kier molecular flexibility index (Phi) is 3.88. The summed E-state index contributed by atoms with van der Waals surface area (Å²) < 4.78 is 0. The minimum absolute atomic E-state index is 0.0562. The Morgan fingerprint density at radius 3 is 2.69 bits per heavy atom. The predicted octanol–water partition coefficient (Wildman–Crippen LogP) is 2.52. The Balaban J connectivity index is 2.79. The number of hydrogen-bond acceptors (Lipinski definition) is 2. The predicted molar refractivity (Wildman–Crippen MR) is 65.6 cm³/mol. The van der Waals surface area contributed by atoms with Crippen molar-refractivity contribution in [1.82, 2.24) is 10.3 Å². The second-order valence-electron chi connectivity index (χ2n) is 4.66. The highest BCUT2D eigenvalue weighted by Gasteiger charge is 2.14. The maximum absolute atomic E-state index is 11.3. The fourth-order valence-corrected chi connectivity index (χ4v) is 1.29. The van der Waals surface area contributed by atoms with E-state index in [-0.39, 0.29) is 11.4 Å². The highest BCUT2D eigenvalue weighted by atomic mass is 16.2. The van der Waals surface area contributed by atoms with Gasteiger partial charge >= 0.3 is 6.03 Å². The molecule has 0 aliphatic rings. The largest absolute Gasteiger partial charge is 0.338 e. The zero-order valence-corrected chi connectivity index (χ0v) is 10.3. The monoisotopic (exact) mass is 221 g/mol. The quantitative estimate of drug-likeness (QED) is 0.806. The summed E-state index contributed by atoms with van der Waals surface area (Å²) in [7, 11) is 0. The Morgan fingerprint density at radius 2 is 2.12 bits per heavy atom. The topological polar surface area (TPSA) is 54.0 Å². The van der Waals surface area contributed by atoms with E-state index >= 15 is 0 Å². The van der Waals surface area contributed by atoms with Gasteiger partial charge in [0.05, 0.1) is 0 Å². The van der Waals surface area contributed by atoms with Crippen LogP contribution in [-0.4, -0.2) is 17.6 Å². The molecule has 4 nitrogen and oxygen atoms in total. The Bertz CT molecular complexity index is 369. The normalized spacial score (nSPS) is 11.0. The van der Waals surface area contributed by atoms with Gasteiger partial charge in [0.2, 0.25) is 0 Å². The Morgan fingerprint density at radius 1 is 1.44 bits per heavy atom. The molecule has 88 valence electrons. The summed E-state index contributed by atoms with van der Waals surface area (Å²) >= 11 is 0. The SMILES string of the molecule is CCNC(=O)Nc1cc(C(C)(C)C)ccn1. The number of anilines is 1. The van der Waals surface area contributed by atoms with Crippen LogP contribution in [0.4, 0.5) is 10.6 Å². The van der Waals surface area contributed by atoms with E-state index in [9.17, 15) is 4.79 Å². The molecule has 0 aliphatic heterocycles. The highest BCUT2D eigenvalue weighted by Crippen LogP contribution is 2.23. The van der Waals surface area contributed by atoms with Gasteiger partial charge < -0.3 is 5.32 Å². The molecule has 0 saturated heterocycles. The van der Waals surface area contributed by atoms with Gasteiger partial charge in [0.25, 0.3) is 0 Å². The fourth-order valence-electron chi connectivity index (χ4n) is 1.29. The molecule has 1 aromatic rings. The number of pyridine rings is 1. The van der Waals surface area contributed by atoms with Gasteiger partial charge in [-0.1, -0.05) is 20.8 Å². The van der Waals surface area contributed by atoms with Crippen molar-refractivity contribution in [3.05, 3.63) is 23.9 Å². The molecule has 16 heavy (non-hydrogen) atoms. The van der Waals surface area contributed by atoms with Gasteiger partial charge in [-0.2, -0.15) is 0 Å². The van der Waals surface area contributed by atoms with E-state index in [2.05, 4.69) is 36.4 Å². The number of rotatable bonds is 2. The van der Waals surface area contributed by atoms with E-state index in [0.29, 0.717) is 12.4 Å². The minimum Gasteiger partial charge on any atom is -0.338 e. The number of nitrogens with one attached hydrogen (secondary N) is 2. The van der Waals surface area contributed by atoms with Crippen molar-refractivity contribution >= 4 is 11.8 Å². The Labute approximate surface area is 96.5 Å². The van der Waals surface area contributed by atoms with Crippen molar-refractivity contribution in [2.45, 2.75) is 33.1 Å². The molecule has 0 aliphatic carbocycles. The van der Waals surface area contributed by atoms with Crippen LogP contribution in [0.1, 0.15) is 33.3 Å². The molecule has 4 heteroatoms. The average molecular weight is 221 g/mol. The summed E-state index contributed by atoms with van der Waals surface area (Å²) in [4.78, 5) is 15.4. The third-order valence-electron chi connectivity index (χ3n) is 2.20. The van der Waals surface area contributed by atoms with Crippen molar-refractivity contribution in [2.75, 3.05) is 11.9 Å². The van der Waals surface area contributed by atoms with Crippen LogP contribution in [0.5, 0.6) is 0 Å². The van der Waals surface area contributed by atoms with Gasteiger partial charge in [-0.15, -0.1) is 0 Å². The molecule has 0 saturated carbocycles.